The molecule has 126 valence electrons. The molecule has 0 bridgehead atoms. The summed E-state index contributed by atoms with van der Waals surface area (Å²) in [5.74, 6) is -0.116. The Labute approximate surface area is 149 Å². The van der Waals surface area contributed by atoms with Gasteiger partial charge in [-0.15, -0.1) is 16.4 Å². The molecule has 0 spiro atoms. The Morgan fingerprint density at radius 3 is 2.69 bits per heavy atom. The number of aromatic nitrogens is 6. The molecule has 7 nitrogen and oxygen atoms in total. The molecule has 3 aromatic heterocycles. The topological polar surface area (TPSA) is 94.9 Å². The first-order valence-electron chi connectivity index (χ1n) is 7.68. The molecule has 0 amide bonds. The fraction of sp³-hybridized carbons (Fsp3) is 0. The molecule has 3 heterocycles. The molecular weight excluding hydrogens is 353 g/mol. The Balaban J connectivity index is 1.86. The largest absolute Gasteiger partial charge is 0.380 e. The lowest BCUT2D eigenvalue weighted by Gasteiger charge is -2.12. The summed E-state index contributed by atoms with van der Waals surface area (Å²) in [6.45, 7) is 0. The van der Waals surface area contributed by atoms with E-state index in [-0.39, 0.29) is 11.6 Å². The van der Waals surface area contributed by atoms with Gasteiger partial charge in [0.25, 0.3) is 0 Å². The summed E-state index contributed by atoms with van der Waals surface area (Å²) in [4.78, 5) is 8.80. The fourth-order valence-corrected chi connectivity index (χ4v) is 3.61. The zero-order chi connectivity index (χ0) is 17.7. The van der Waals surface area contributed by atoms with Crippen LogP contribution in [-0.2, 0) is 0 Å². The van der Waals surface area contributed by atoms with E-state index < -0.39 is 0 Å². The highest BCUT2D eigenvalue weighted by Gasteiger charge is 2.19. The van der Waals surface area contributed by atoms with Crippen LogP contribution in [-0.4, -0.2) is 30.0 Å². The van der Waals surface area contributed by atoms with Crippen LogP contribution in [0.4, 0.5) is 10.2 Å². The third-order valence-corrected chi connectivity index (χ3v) is 4.88. The standard InChI is InChI=1S/C17H10FN7S/c18-11-4-1-9(2-5-11)14-15(25-17(16(19)21-14)22-23-24-25)10-3-6-12-13(7-10)26-8-20-12/h1-8H,(H2,19,21). The predicted octanol–water partition coefficient (Wildman–Crippen LogP) is 3.18. The van der Waals surface area contributed by atoms with Gasteiger partial charge in [-0.25, -0.2) is 14.4 Å². The lowest BCUT2D eigenvalue weighted by atomic mass is 10.0. The first kappa shape index (κ1) is 14.8. The smallest absolute Gasteiger partial charge is 0.222 e. The molecule has 0 unspecified atom stereocenters. The summed E-state index contributed by atoms with van der Waals surface area (Å²) >= 11 is 1.54. The number of thiazole rings is 1. The van der Waals surface area contributed by atoms with Crippen LogP contribution in [0.2, 0.25) is 0 Å². The number of anilines is 1. The van der Waals surface area contributed by atoms with Crippen molar-refractivity contribution < 1.29 is 4.39 Å². The molecule has 2 N–H and O–H groups in total. The molecule has 0 aliphatic heterocycles. The zero-order valence-corrected chi connectivity index (χ0v) is 14.0. The van der Waals surface area contributed by atoms with Gasteiger partial charge in [0, 0.05) is 11.1 Å². The van der Waals surface area contributed by atoms with Crippen LogP contribution < -0.4 is 5.73 Å². The maximum atomic E-state index is 13.4. The third-order valence-electron chi connectivity index (χ3n) is 4.09. The van der Waals surface area contributed by atoms with E-state index in [1.54, 1.807) is 33.5 Å². The molecule has 5 rings (SSSR count). The SMILES string of the molecule is Nc1nc(-c2ccc(F)cc2)c(-c2ccc3ncsc3c2)n2nnnc12. The van der Waals surface area contributed by atoms with Crippen molar-refractivity contribution in [1.29, 1.82) is 0 Å². The van der Waals surface area contributed by atoms with Gasteiger partial charge in [0.2, 0.25) is 5.65 Å². The minimum absolute atomic E-state index is 0.206. The normalized spacial score (nSPS) is 11.4. The predicted molar refractivity (Wildman–Crippen MR) is 97.0 cm³/mol. The summed E-state index contributed by atoms with van der Waals surface area (Å²) in [5.41, 5.74) is 12.0. The van der Waals surface area contributed by atoms with Crippen LogP contribution in [0.15, 0.2) is 48.0 Å². The molecule has 9 heteroatoms. The molecule has 0 fully saturated rings. The van der Waals surface area contributed by atoms with Crippen LogP contribution in [0.5, 0.6) is 0 Å². The molecule has 5 aromatic rings. The molecule has 0 aliphatic rings. The zero-order valence-electron chi connectivity index (χ0n) is 13.2. The van der Waals surface area contributed by atoms with Gasteiger partial charge in [0.1, 0.15) is 11.5 Å². The average molecular weight is 363 g/mol. The Hall–Kier alpha value is -3.46. The Morgan fingerprint density at radius 2 is 1.85 bits per heavy atom. The summed E-state index contributed by atoms with van der Waals surface area (Å²) in [5, 5.41) is 11.7. The van der Waals surface area contributed by atoms with Gasteiger partial charge in [-0.05, 0) is 46.8 Å². The van der Waals surface area contributed by atoms with E-state index in [1.165, 1.54) is 12.1 Å². The van der Waals surface area contributed by atoms with E-state index in [9.17, 15) is 4.39 Å². The molecule has 0 atom stereocenters. The van der Waals surface area contributed by atoms with Crippen LogP contribution in [0.1, 0.15) is 0 Å². The Kier molecular flexibility index (Phi) is 3.16. The number of rotatable bonds is 2. The first-order valence-corrected chi connectivity index (χ1v) is 8.56. The van der Waals surface area contributed by atoms with Crippen molar-refractivity contribution in [1.82, 2.24) is 30.0 Å². The van der Waals surface area contributed by atoms with Gasteiger partial charge in [-0.3, -0.25) is 0 Å². The number of hydrogen-bond donors (Lipinski definition) is 1. The number of tetrazole rings is 1. The maximum absolute atomic E-state index is 13.4. The lowest BCUT2D eigenvalue weighted by Crippen LogP contribution is -2.05. The second-order valence-corrected chi connectivity index (χ2v) is 6.54. The van der Waals surface area contributed by atoms with E-state index in [0.29, 0.717) is 17.0 Å². The lowest BCUT2D eigenvalue weighted by molar-refractivity contribution is 0.628. The third kappa shape index (κ3) is 2.21. The summed E-state index contributed by atoms with van der Waals surface area (Å²) in [7, 11) is 0. The number of benzene rings is 2. The minimum Gasteiger partial charge on any atom is -0.380 e. The monoisotopic (exact) mass is 363 g/mol. The van der Waals surface area contributed by atoms with Crippen molar-refractivity contribution in [2.24, 2.45) is 0 Å². The van der Waals surface area contributed by atoms with E-state index in [0.717, 1.165) is 21.3 Å². The van der Waals surface area contributed by atoms with Crippen molar-refractivity contribution in [3.8, 4) is 22.5 Å². The Morgan fingerprint density at radius 1 is 1.04 bits per heavy atom. The van der Waals surface area contributed by atoms with Crippen molar-refractivity contribution >= 4 is 33.0 Å². The highest BCUT2D eigenvalue weighted by atomic mass is 32.1. The number of nitrogens with two attached hydrogens (primary N) is 1. The van der Waals surface area contributed by atoms with Gasteiger partial charge in [0.15, 0.2) is 5.82 Å². The average Bonchev–Trinajstić information content (AvgIpc) is 3.31. The summed E-state index contributed by atoms with van der Waals surface area (Å²) in [6.07, 6.45) is 0. The second kappa shape index (κ2) is 5.53. The summed E-state index contributed by atoms with van der Waals surface area (Å²) < 4.78 is 16.0. The van der Waals surface area contributed by atoms with E-state index in [1.807, 2.05) is 18.2 Å². The van der Waals surface area contributed by atoms with Crippen molar-refractivity contribution in [2.45, 2.75) is 0 Å². The van der Waals surface area contributed by atoms with Gasteiger partial charge in [0.05, 0.1) is 21.4 Å². The maximum Gasteiger partial charge on any atom is 0.222 e. The first-order chi connectivity index (χ1) is 12.7. The van der Waals surface area contributed by atoms with Gasteiger partial charge in [-0.1, -0.05) is 6.07 Å². The number of fused-ring (bicyclic) bond motifs is 2. The van der Waals surface area contributed by atoms with E-state index >= 15 is 0 Å². The molecular formula is C17H10FN7S. The quantitative estimate of drug-likeness (QED) is 0.518. The van der Waals surface area contributed by atoms with E-state index in [2.05, 4.69) is 25.5 Å². The van der Waals surface area contributed by atoms with Crippen LogP contribution in [0.25, 0.3) is 38.4 Å². The molecule has 0 radical (unpaired) electrons. The van der Waals surface area contributed by atoms with Crippen molar-refractivity contribution in [3.63, 3.8) is 0 Å². The fourth-order valence-electron chi connectivity index (χ4n) is 2.89. The van der Waals surface area contributed by atoms with Crippen LogP contribution >= 0.6 is 11.3 Å². The van der Waals surface area contributed by atoms with Crippen molar-refractivity contribution in [3.05, 3.63) is 53.8 Å². The van der Waals surface area contributed by atoms with Crippen molar-refractivity contribution in [2.75, 3.05) is 5.73 Å². The molecule has 0 aliphatic carbocycles. The molecule has 0 saturated heterocycles. The second-order valence-electron chi connectivity index (χ2n) is 5.65. The van der Waals surface area contributed by atoms with E-state index in [4.69, 9.17) is 5.73 Å². The molecule has 2 aromatic carbocycles. The van der Waals surface area contributed by atoms with Gasteiger partial charge < -0.3 is 5.73 Å². The molecule has 0 saturated carbocycles. The number of nitrogen functional groups attached to an aromatic ring is 1. The number of nitrogens with zero attached hydrogens (tertiary/aromatic N) is 6. The highest BCUT2D eigenvalue weighted by Crippen LogP contribution is 2.34. The highest BCUT2D eigenvalue weighted by molar-refractivity contribution is 7.16. The Bertz CT molecular complexity index is 1260. The van der Waals surface area contributed by atoms with Crippen LogP contribution in [0, 0.1) is 5.82 Å². The number of halogens is 1. The number of hydrogen-bond acceptors (Lipinski definition) is 7. The van der Waals surface area contributed by atoms with Gasteiger partial charge in [-0.2, -0.15) is 4.52 Å². The molecule has 26 heavy (non-hydrogen) atoms. The van der Waals surface area contributed by atoms with Gasteiger partial charge >= 0.3 is 0 Å². The summed E-state index contributed by atoms with van der Waals surface area (Å²) in [6, 6.07) is 11.9. The van der Waals surface area contributed by atoms with Crippen LogP contribution in [0.3, 0.4) is 0 Å². The minimum atomic E-state index is -0.321.